The topological polar surface area (TPSA) is 146 Å². The summed E-state index contributed by atoms with van der Waals surface area (Å²) >= 11 is 6.22. The van der Waals surface area contributed by atoms with E-state index in [4.69, 9.17) is 16.4 Å². The summed E-state index contributed by atoms with van der Waals surface area (Å²) < 4.78 is 15.3. The molecule has 0 radical (unpaired) electrons. The average Bonchev–Trinajstić information content (AvgIpc) is 3.66. The lowest BCUT2D eigenvalue weighted by Crippen LogP contribution is -2.59. The Bertz CT molecular complexity index is 1630. The number of carbonyl (C=O) groups excluding carboxylic acids is 5. The highest BCUT2D eigenvalue weighted by Gasteiger charge is 2.56. The van der Waals surface area contributed by atoms with Gasteiger partial charge in [0.2, 0.25) is 23.8 Å². The molecule has 262 valence electrons. The van der Waals surface area contributed by atoms with Crippen LogP contribution in [0.5, 0.6) is 0 Å². The molecule has 1 saturated carbocycles. The van der Waals surface area contributed by atoms with Crippen molar-refractivity contribution < 1.29 is 33.2 Å². The molecule has 4 amide bonds. The highest BCUT2D eigenvalue weighted by atomic mass is 35.5. The first kappa shape index (κ1) is 36.0. The largest absolute Gasteiger partial charge is 0.387 e. The number of benzene rings is 2. The number of likely N-dealkylation sites (tertiary alicyclic amines) is 1. The van der Waals surface area contributed by atoms with Crippen molar-refractivity contribution in [3.05, 3.63) is 70.7 Å². The molecule has 3 N–H and O–H groups in total. The third kappa shape index (κ3) is 8.46. The molecule has 49 heavy (non-hydrogen) atoms. The van der Waals surface area contributed by atoms with Gasteiger partial charge >= 0.3 is 0 Å². The summed E-state index contributed by atoms with van der Waals surface area (Å²) in [5, 5.41) is 12.8. The first-order chi connectivity index (χ1) is 23.2. The smallest absolute Gasteiger partial charge is 0.289 e. The molecule has 2 aromatic carbocycles. The molecule has 5 rings (SSSR count). The molecule has 2 heterocycles. The summed E-state index contributed by atoms with van der Waals surface area (Å²) in [6.07, 6.45) is 0.542. The van der Waals surface area contributed by atoms with E-state index in [1.54, 1.807) is 57.2 Å². The Labute approximate surface area is 290 Å². The van der Waals surface area contributed by atoms with Crippen molar-refractivity contribution in [2.24, 2.45) is 10.6 Å². The number of nitrogens with one attached hydrogen (secondary N) is 3. The number of oxime groups is 1. The Morgan fingerprint density at radius 3 is 2.41 bits per heavy atom. The number of rotatable bonds is 12. The molecule has 2 aliphatic heterocycles. The van der Waals surface area contributed by atoms with Crippen LogP contribution in [0.3, 0.4) is 0 Å². The van der Waals surface area contributed by atoms with Crippen molar-refractivity contribution in [3.63, 3.8) is 0 Å². The summed E-state index contributed by atoms with van der Waals surface area (Å²) in [5.74, 6) is -3.78. The molecule has 2 aromatic rings. The van der Waals surface area contributed by atoms with Crippen molar-refractivity contribution in [2.75, 3.05) is 6.54 Å². The van der Waals surface area contributed by atoms with Crippen molar-refractivity contribution in [1.29, 1.82) is 0 Å². The van der Waals surface area contributed by atoms with E-state index in [-0.39, 0.29) is 37.4 Å². The average molecular weight is 696 g/mol. The highest BCUT2D eigenvalue weighted by Crippen LogP contribution is 2.40. The van der Waals surface area contributed by atoms with Crippen LogP contribution in [0.25, 0.3) is 0 Å². The van der Waals surface area contributed by atoms with E-state index in [0.29, 0.717) is 17.2 Å². The predicted octanol–water partition coefficient (Wildman–Crippen LogP) is 4.18. The van der Waals surface area contributed by atoms with Gasteiger partial charge in [0, 0.05) is 29.5 Å². The van der Waals surface area contributed by atoms with E-state index in [1.165, 1.54) is 17.0 Å². The minimum atomic E-state index is -2.03. The van der Waals surface area contributed by atoms with Gasteiger partial charge in [0.05, 0.1) is 18.3 Å². The number of hydrogen-bond donors (Lipinski definition) is 3. The van der Waals surface area contributed by atoms with E-state index in [9.17, 15) is 24.0 Å². The molecule has 2 fully saturated rings. The standard InChI is InChI=1S/C36H43ClFN5O6/c1-5-10-25(29(44)33(47)39-24-15-16-24)40-31(45)27-19-36(18-26(42-49-36)22-13-9-14-23(37)17-22)20-43(27)34(48)30(35(2,3)4)41-32(46)28(38)21-11-7-6-8-12-21/h6-9,11-14,17,24-25,27-28,30H,5,10,15-16,18-20H2,1-4H3,(H,39,47)(H,40,45)(H,41,46)/t25-,27-,28?,30+,36+/m0/s1. The van der Waals surface area contributed by atoms with Crippen LogP contribution in [0, 0.1) is 5.41 Å². The molecule has 0 aromatic heterocycles. The van der Waals surface area contributed by atoms with Gasteiger partial charge in [-0.1, -0.05) is 93.3 Å². The predicted molar refractivity (Wildman–Crippen MR) is 181 cm³/mol. The summed E-state index contributed by atoms with van der Waals surface area (Å²) in [5.41, 5.74) is -0.571. The van der Waals surface area contributed by atoms with Crippen LogP contribution < -0.4 is 16.0 Å². The quantitative estimate of drug-likeness (QED) is 0.284. The van der Waals surface area contributed by atoms with E-state index < -0.39 is 64.7 Å². The van der Waals surface area contributed by atoms with Crippen molar-refractivity contribution in [1.82, 2.24) is 20.9 Å². The van der Waals surface area contributed by atoms with Crippen LogP contribution in [-0.2, 0) is 28.8 Å². The van der Waals surface area contributed by atoms with Crippen LogP contribution in [0.15, 0.2) is 59.8 Å². The second kappa shape index (κ2) is 14.7. The second-order valence-electron chi connectivity index (χ2n) is 14.2. The number of halogens is 2. The molecule has 1 unspecified atom stereocenters. The molecule has 1 spiro atoms. The first-order valence-electron chi connectivity index (χ1n) is 16.7. The molecule has 5 atom stereocenters. The molecule has 3 aliphatic rings. The minimum absolute atomic E-state index is 0.0139. The van der Waals surface area contributed by atoms with Gasteiger partial charge in [0.15, 0.2) is 5.60 Å². The van der Waals surface area contributed by atoms with Gasteiger partial charge in [-0.15, -0.1) is 0 Å². The van der Waals surface area contributed by atoms with Crippen molar-refractivity contribution >= 4 is 46.7 Å². The summed E-state index contributed by atoms with van der Waals surface area (Å²) in [4.78, 5) is 74.9. The van der Waals surface area contributed by atoms with Crippen LogP contribution in [0.2, 0.25) is 5.02 Å². The number of amides is 4. The number of nitrogens with zero attached hydrogens (tertiary/aromatic N) is 2. The van der Waals surface area contributed by atoms with E-state index >= 15 is 4.39 Å². The van der Waals surface area contributed by atoms with Crippen molar-refractivity contribution in [2.45, 2.75) is 102 Å². The van der Waals surface area contributed by atoms with Crippen LogP contribution >= 0.6 is 11.6 Å². The van der Waals surface area contributed by atoms with E-state index in [2.05, 4.69) is 21.1 Å². The zero-order chi connectivity index (χ0) is 35.5. The van der Waals surface area contributed by atoms with Gasteiger partial charge in [-0.05, 0) is 42.4 Å². The lowest BCUT2D eigenvalue weighted by atomic mass is 9.85. The number of carbonyl (C=O) groups is 5. The summed E-state index contributed by atoms with van der Waals surface area (Å²) in [6, 6.07) is 11.4. The van der Waals surface area contributed by atoms with Gasteiger partial charge in [0.25, 0.3) is 11.8 Å². The minimum Gasteiger partial charge on any atom is -0.387 e. The van der Waals surface area contributed by atoms with Crippen molar-refractivity contribution in [3.8, 4) is 0 Å². The zero-order valence-corrected chi connectivity index (χ0v) is 28.9. The first-order valence-corrected chi connectivity index (χ1v) is 17.0. The normalized spacial score (nSPS) is 22.0. The Hall–Kier alpha value is -4.32. The zero-order valence-electron chi connectivity index (χ0n) is 28.1. The Kier molecular flexibility index (Phi) is 10.8. The number of alkyl halides is 1. The fraction of sp³-hybridized carbons (Fsp3) is 0.500. The van der Waals surface area contributed by atoms with Crippen LogP contribution in [-0.4, -0.2) is 76.3 Å². The fourth-order valence-corrected chi connectivity index (χ4v) is 6.41. The van der Waals surface area contributed by atoms with Crippen LogP contribution in [0.1, 0.15) is 83.5 Å². The lowest BCUT2D eigenvalue weighted by Gasteiger charge is -2.36. The van der Waals surface area contributed by atoms with Gasteiger partial charge < -0.3 is 25.7 Å². The monoisotopic (exact) mass is 695 g/mol. The van der Waals surface area contributed by atoms with Gasteiger partial charge in [-0.2, -0.15) is 0 Å². The number of Topliss-reactive ketones (excluding diaryl/α,β-unsaturated/α-hetero) is 1. The molecule has 1 saturated heterocycles. The molecule has 0 bridgehead atoms. The SMILES string of the molecule is CCC[C@H](NC(=O)[C@@H]1C[C@]2(CC(c3cccc(Cl)c3)=NO2)CN1C(=O)[C@@H](NC(=O)C(F)c1ccccc1)C(C)(C)C)C(=O)C(=O)NC1CC1. The molecule has 11 nitrogen and oxygen atoms in total. The Balaban J connectivity index is 1.41. The molecule has 1 aliphatic carbocycles. The van der Waals surface area contributed by atoms with Crippen LogP contribution in [0.4, 0.5) is 4.39 Å². The maximum absolute atomic E-state index is 15.3. The Morgan fingerprint density at radius 2 is 1.78 bits per heavy atom. The van der Waals surface area contributed by atoms with E-state index in [0.717, 1.165) is 18.4 Å². The van der Waals surface area contributed by atoms with E-state index in [1.807, 2.05) is 13.0 Å². The highest BCUT2D eigenvalue weighted by molar-refractivity contribution is 6.38. The molecular weight excluding hydrogens is 653 g/mol. The third-order valence-corrected chi connectivity index (χ3v) is 9.29. The second-order valence-corrected chi connectivity index (χ2v) is 14.7. The van der Waals surface area contributed by atoms with Gasteiger partial charge in [0.1, 0.15) is 12.1 Å². The third-order valence-electron chi connectivity index (χ3n) is 9.05. The Morgan fingerprint density at radius 1 is 1.06 bits per heavy atom. The summed E-state index contributed by atoms with van der Waals surface area (Å²) in [6.45, 7) is 6.94. The van der Waals surface area contributed by atoms with Gasteiger partial charge in [-0.25, -0.2) is 4.39 Å². The molecule has 13 heteroatoms. The lowest BCUT2D eigenvalue weighted by molar-refractivity contribution is -0.146. The fourth-order valence-electron chi connectivity index (χ4n) is 6.22. The summed E-state index contributed by atoms with van der Waals surface area (Å²) in [7, 11) is 0. The maximum Gasteiger partial charge on any atom is 0.289 e. The van der Waals surface area contributed by atoms with Gasteiger partial charge in [-0.3, -0.25) is 24.0 Å². The number of ketones is 1. The maximum atomic E-state index is 15.3. The number of hydrogen-bond acceptors (Lipinski definition) is 7. The molecular formula is C36H43ClFN5O6.